The van der Waals surface area contributed by atoms with Crippen molar-refractivity contribution < 1.29 is 19.1 Å². The summed E-state index contributed by atoms with van der Waals surface area (Å²) < 4.78 is 4.99. The van der Waals surface area contributed by atoms with E-state index in [9.17, 15) is 14.4 Å². The normalized spacial score (nSPS) is 14.6. The van der Waals surface area contributed by atoms with Crippen LogP contribution >= 0.6 is 0 Å². The first kappa shape index (κ1) is 19.7. The molecule has 1 aliphatic rings. The Hall–Kier alpha value is -2.61. The standard InChI is InChI=1S/C18H26N4O4/c1-3-26-18(25)22-9-7-14(8-10-22)19-12-17(24)21-16-6-4-5-15(11-16)20-13(2)23/h4-6,11,14,19H,3,7-10,12H2,1-2H3,(H,20,23)(H,21,24). The molecule has 3 amide bonds. The summed E-state index contributed by atoms with van der Waals surface area (Å²) in [7, 11) is 0. The minimum Gasteiger partial charge on any atom is -0.450 e. The van der Waals surface area contributed by atoms with E-state index in [4.69, 9.17) is 4.74 Å². The molecule has 0 radical (unpaired) electrons. The molecule has 0 saturated carbocycles. The third-order valence-electron chi connectivity index (χ3n) is 4.04. The third kappa shape index (κ3) is 6.36. The SMILES string of the molecule is CCOC(=O)N1CCC(NCC(=O)Nc2cccc(NC(C)=O)c2)CC1. The van der Waals surface area contributed by atoms with Gasteiger partial charge in [0.1, 0.15) is 0 Å². The van der Waals surface area contributed by atoms with Crippen LogP contribution in [-0.4, -0.2) is 55.1 Å². The number of carbonyl (C=O) groups excluding carboxylic acids is 3. The zero-order valence-electron chi connectivity index (χ0n) is 15.2. The Balaban J connectivity index is 1.73. The molecular weight excluding hydrogens is 336 g/mol. The van der Waals surface area contributed by atoms with Gasteiger partial charge in [-0.25, -0.2) is 4.79 Å². The summed E-state index contributed by atoms with van der Waals surface area (Å²) >= 11 is 0. The van der Waals surface area contributed by atoms with Gasteiger partial charge in [0.25, 0.3) is 0 Å². The number of anilines is 2. The van der Waals surface area contributed by atoms with Crippen LogP contribution in [0.2, 0.25) is 0 Å². The van der Waals surface area contributed by atoms with E-state index in [2.05, 4.69) is 16.0 Å². The van der Waals surface area contributed by atoms with E-state index >= 15 is 0 Å². The van der Waals surface area contributed by atoms with Crippen molar-refractivity contribution in [3.05, 3.63) is 24.3 Å². The molecule has 0 aliphatic carbocycles. The monoisotopic (exact) mass is 362 g/mol. The predicted molar refractivity (Wildman–Crippen MR) is 99.0 cm³/mol. The van der Waals surface area contributed by atoms with E-state index in [1.54, 1.807) is 36.1 Å². The minimum atomic E-state index is -0.275. The Morgan fingerprint density at radius 1 is 1.15 bits per heavy atom. The van der Waals surface area contributed by atoms with Crippen molar-refractivity contribution in [2.45, 2.75) is 32.7 Å². The Labute approximate surface area is 153 Å². The molecule has 0 aromatic heterocycles. The topological polar surface area (TPSA) is 99.8 Å². The summed E-state index contributed by atoms with van der Waals surface area (Å²) in [6, 6.07) is 7.18. The molecule has 1 aliphatic heterocycles. The zero-order valence-corrected chi connectivity index (χ0v) is 15.2. The van der Waals surface area contributed by atoms with Gasteiger partial charge in [0.15, 0.2) is 0 Å². The fourth-order valence-corrected chi connectivity index (χ4v) is 2.80. The maximum Gasteiger partial charge on any atom is 0.409 e. The van der Waals surface area contributed by atoms with Gasteiger partial charge in [0.2, 0.25) is 11.8 Å². The highest BCUT2D eigenvalue weighted by molar-refractivity contribution is 5.94. The highest BCUT2D eigenvalue weighted by atomic mass is 16.6. The van der Waals surface area contributed by atoms with Gasteiger partial charge in [0.05, 0.1) is 13.2 Å². The van der Waals surface area contributed by atoms with Crippen molar-refractivity contribution in [3.8, 4) is 0 Å². The molecule has 0 atom stereocenters. The molecule has 0 spiro atoms. The van der Waals surface area contributed by atoms with Gasteiger partial charge in [0, 0.05) is 37.4 Å². The van der Waals surface area contributed by atoms with Crippen LogP contribution in [-0.2, 0) is 14.3 Å². The average molecular weight is 362 g/mol. The predicted octanol–water partition coefficient (Wildman–Crippen LogP) is 1.79. The van der Waals surface area contributed by atoms with Crippen LogP contribution in [0.4, 0.5) is 16.2 Å². The van der Waals surface area contributed by atoms with E-state index in [0.717, 1.165) is 12.8 Å². The lowest BCUT2D eigenvalue weighted by atomic mass is 10.1. The van der Waals surface area contributed by atoms with Gasteiger partial charge in [-0.3, -0.25) is 9.59 Å². The molecule has 1 fully saturated rings. The lowest BCUT2D eigenvalue weighted by Gasteiger charge is -2.31. The Bertz CT molecular complexity index is 642. The molecule has 8 nitrogen and oxygen atoms in total. The van der Waals surface area contributed by atoms with E-state index in [1.807, 2.05) is 0 Å². The van der Waals surface area contributed by atoms with Crippen LogP contribution in [0.15, 0.2) is 24.3 Å². The Morgan fingerprint density at radius 3 is 2.42 bits per heavy atom. The fourth-order valence-electron chi connectivity index (χ4n) is 2.80. The number of ether oxygens (including phenoxy) is 1. The fraction of sp³-hybridized carbons (Fsp3) is 0.500. The first-order valence-corrected chi connectivity index (χ1v) is 8.80. The van der Waals surface area contributed by atoms with Crippen LogP contribution in [0, 0.1) is 0 Å². The lowest BCUT2D eigenvalue weighted by molar-refractivity contribution is -0.116. The second kappa shape index (κ2) is 9.76. The summed E-state index contributed by atoms with van der Waals surface area (Å²) in [6.07, 6.45) is 1.29. The van der Waals surface area contributed by atoms with Crippen molar-refractivity contribution in [2.75, 3.05) is 36.9 Å². The summed E-state index contributed by atoms with van der Waals surface area (Å²) in [4.78, 5) is 36.5. The van der Waals surface area contributed by atoms with Crippen LogP contribution in [0.25, 0.3) is 0 Å². The van der Waals surface area contributed by atoms with E-state index < -0.39 is 0 Å². The third-order valence-corrected chi connectivity index (χ3v) is 4.04. The van der Waals surface area contributed by atoms with Crippen molar-refractivity contribution in [1.82, 2.24) is 10.2 Å². The summed E-state index contributed by atoms with van der Waals surface area (Å²) in [5.74, 6) is -0.317. The van der Waals surface area contributed by atoms with Gasteiger partial charge in [-0.15, -0.1) is 0 Å². The summed E-state index contributed by atoms with van der Waals surface area (Å²) in [5.41, 5.74) is 1.26. The van der Waals surface area contributed by atoms with E-state index in [1.165, 1.54) is 6.92 Å². The molecule has 2 rings (SSSR count). The number of nitrogens with one attached hydrogen (secondary N) is 3. The van der Waals surface area contributed by atoms with E-state index in [-0.39, 0.29) is 30.5 Å². The number of piperidine rings is 1. The highest BCUT2D eigenvalue weighted by Gasteiger charge is 2.23. The summed E-state index contributed by atoms with van der Waals surface area (Å²) in [6.45, 7) is 5.03. The van der Waals surface area contributed by atoms with Crippen LogP contribution in [0.3, 0.4) is 0 Å². The molecule has 0 unspecified atom stereocenters. The number of nitrogens with zero attached hydrogens (tertiary/aromatic N) is 1. The number of rotatable bonds is 6. The molecule has 1 aromatic carbocycles. The highest BCUT2D eigenvalue weighted by Crippen LogP contribution is 2.15. The zero-order chi connectivity index (χ0) is 18.9. The smallest absolute Gasteiger partial charge is 0.409 e. The average Bonchev–Trinajstić information content (AvgIpc) is 2.60. The molecular formula is C18H26N4O4. The molecule has 1 heterocycles. The first-order chi connectivity index (χ1) is 12.5. The van der Waals surface area contributed by atoms with Gasteiger partial charge < -0.3 is 25.6 Å². The first-order valence-electron chi connectivity index (χ1n) is 8.80. The molecule has 142 valence electrons. The number of hydrogen-bond donors (Lipinski definition) is 3. The van der Waals surface area contributed by atoms with Crippen LogP contribution < -0.4 is 16.0 Å². The Kier molecular flexibility index (Phi) is 7.40. The largest absolute Gasteiger partial charge is 0.450 e. The van der Waals surface area contributed by atoms with Crippen LogP contribution in [0.5, 0.6) is 0 Å². The molecule has 26 heavy (non-hydrogen) atoms. The number of carbonyl (C=O) groups is 3. The van der Waals surface area contributed by atoms with Crippen molar-refractivity contribution >= 4 is 29.3 Å². The molecule has 1 aromatic rings. The molecule has 8 heteroatoms. The van der Waals surface area contributed by atoms with Gasteiger partial charge >= 0.3 is 6.09 Å². The van der Waals surface area contributed by atoms with E-state index in [0.29, 0.717) is 31.1 Å². The van der Waals surface area contributed by atoms with Gasteiger partial charge in [-0.2, -0.15) is 0 Å². The number of likely N-dealkylation sites (tertiary alicyclic amines) is 1. The minimum absolute atomic E-state index is 0.155. The second-order valence-electron chi connectivity index (χ2n) is 6.15. The quantitative estimate of drug-likeness (QED) is 0.716. The number of hydrogen-bond acceptors (Lipinski definition) is 5. The molecule has 3 N–H and O–H groups in total. The Morgan fingerprint density at radius 2 is 1.81 bits per heavy atom. The van der Waals surface area contributed by atoms with Crippen molar-refractivity contribution in [1.29, 1.82) is 0 Å². The maximum atomic E-state index is 12.1. The lowest BCUT2D eigenvalue weighted by Crippen LogP contribution is -2.46. The number of benzene rings is 1. The molecule has 0 bridgehead atoms. The molecule has 1 saturated heterocycles. The van der Waals surface area contributed by atoms with Gasteiger partial charge in [-0.05, 0) is 38.0 Å². The second-order valence-corrected chi connectivity index (χ2v) is 6.15. The van der Waals surface area contributed by atoms with Crippen molar-refractivity contribution in [3.63, 3.8) is 0 Å². The maximum absolute atomic E-state index is 12.1. The number of amides is 3. The summed E-state index contributed by atoms with van der Waals surface area (Å²) in [5, 5.41) is 8.70. The van der Waals surface area contributed by atoms with Crippen LogP contribution in [0.1, 0.15) is 26.7 Å². The van der Waals surface area contributed by atoms with Crippen molar-refractivity contribution in [2.24, 2.45) is 0 Å². The van der Waals surface area contributed by atoms with Gasteiger partial charge in [-0.1, -0.05) is 6.07 Å².